The van der Waals surface area contributed by atoms with Crippen molar-refractivity contribution in [3.05, 3.63) is 59.4 Å². The number of alkyl carbamates (subject to hydrolysis) is 1. The molecule has 2 amide bonds. The molecule has 0 unspecified atom stereocenters. The Morgan fingerprint density at radius 1 is 1.12 bits per heavy atom. The predicted octanol–water partition coefficient (Wildman–Crippen LogP) is 6.20. The Bertz CT molecular complexity index is 1230. The van der Waals surface area contributed by atoms with Crippen LogP contribution in [0.5, 0.6) is 0 Å². The van der Waals surface area contributed by atoms with Crippen molar-refractivity contribution < 1.29 is 23.8 Å². The topological polar surface area (TPSA) is 90.9 Å². The number of methoxy groups -OCH3 is 1. The van der Waals surface area contributed by atoms with Crippen LogP contribution in [0.1, 0.15) is 82.3 Å². The molecule has 1 saturated carbocycles. The SMILES string of the molecule is CNCC1CCC(C(=O)N2CCC[C@@H]([C@@](O)(CCCNC(=O)OC)c3cccc(F)c3-c3cccc(C(C)C)c3)C2)CC1. The van der Waals surface area contributed by atoms with Gasteiger partial charge in [-0.25, -0.2) is 9.18 Å². The standard InChI is InChI=1S/C35H50FN3O4/c1-24(2)27-9-5-10-28(21-27)32-30(12-6-13-31(32)36)35(42,18-8-19-38-34(41)43-4)29-11-7-20-39(23-29)33(40)26-16-14-25(15-17-26)22-37-3/h5-6,9-10,12-13,21,24-26,29,37,42H,7-8,11,14-20,22-23H2,1-4H3,(H,38,41)/t25?,26?,29-,35+/m1/s1. The first-order valence-corrected chi connectivity index (χ1v) is 16.0. The Balaban J connectivity index is 1.64. The lowest BCUT2D eigenvalue weighted by Crippen LogP contribution is -2.50. The van der Waals surface area contributed by atoms with E-state index in [0.29, 0.717) is 49.5 Å². The zero-order valence-corrected chi connectivity index (χ0v) is 26.3. The summed E-state index contributed by atoms with van der Waals surface area (Å²) < 4.78 is 20.5. The molecular formula is C35H50FN3O4. The Morgan fingerprint density at radius 2 is 1.86 bits per heavy atom. The molecule has 2 aromatic carbocycles. The Labute approximate surface area is 256 Å². The maximum Gasteiger partial charge on any atom is 0.406 e. The highest BCUT2D eigenvalue weighted by Crippen LogP contribution is 2.45. The summed E-state index contributed by atoms with van der Waals surface area (Å²) in [5.41, 5.74) is 1.36. The van der Waals surface area contributed by atoms with Gasteiger partial charge in [0.25, 0.3) is 0 Å². The lowest BCUT2D eigenvalue weighted by atomic mass is 9.71. The van der Waals surface area contributed by atoms with E-state index in [1.54, 1.807) is 6.07 Å². The largest absolute Gasteiger partial charge is 0.453 e. The summed E-state index contributed by atoms with van der Waals surface area (Å²) in [4.78, 5) is 27.4. The van der Waals surface area contributed by atoms with Gasteiger partial charge in [-0.1, -0.05) is 50.2 Å². The van der Waals surface area contributed by atoms with Gasteiger partial charge in [-0.15, -0.1) is 0 Å². The van der Waals surface area contributed by atoms with Crippen molar-refractivity contribution in [2.75, 3.05) is 40.3 Å². The molecule has 1 saturated heterocycles. The van der Waals surface area contributed by atoms with Gasteiger partial charge in [0.1, 0.15) is 5.82 Å². The average molecular weight is 596 g/mol. The minimum atomic E-state index is -1.41. The second-order valence-electron chi connectivity index (χ2n) is 12.8. The Kier molecular flexibility index (Phi) is 11.6. The highest BCUT2D eigenvalue weighted by molar-refractivity contribution is 5.79. The zero-order chi connectivity index (χ0) is 31.0. The fourth-order valence-electron chi connectivity index (χ4n) is 7.14. The van der Waals surface area contributed by atoms with Crippen LogP contribution in [0, 0.1) is 23.6 Å². The number of likely N-dealkylation sites (tertiary alicyclic amines) is 1. The summed E-state index contributed by atoms with van der Waals surface area (Å²) >= 11 is 0. The molecule has 1 aliphatic heterocycles. The van der Waals surface area contributed by atoms with Gasteiger partial charge in [-0.05, 0) is 99.6 Å². The summed E-state index contributed by atoms with van der Waals surface area (Å²) in [5, 5.41) is 18.7. The van der Waals surface area contributed by atoms with Crippen molar-refractivity contribution in [2.45, 2.75) is 76.7 Å². The van der Waals surface area contributed by atoms with Gasteiger partial charge < -0.3 is 25.4 Å². The number of benzene rings is 2. The first-order chi connectivity index (χ1) is 20.7. The van der Waals surface area contributed by atoms with E-state index in [-0.39, 0.29) is 29.5 Å². The molecule has 1 aliphatic carbocycles. The first kappa shape index (κ1) is 32.9. The van der Waals surface area contributed by atoms with E-state index in [1.807, 2.05) is 42.3 Å². The number of hydrogen-bond donors (Lipinski definition) is 3. The fraction of sp³-hybridized carbons (Fsp3) is 0.600. The molecule has 2 fully saturated rings. The van der Waals surface area contributed by atoms with Crippen LogP contribution in [0.3, 0.4) is 0 Å². The minimum Gasteiger partial charge on any atom is -0.453 e. The molecule has 2 aromatic rings. The number of halogens is 1. The van der Waals surface area contributed by atoms with Crippen molar-refractivity contribution in [3.8, 4) is 11.1 Å². The lowest BCUT2D eigenvalue weighted by molar-refractivity contribution is -0.142. The first-order valence-electron chi connectivity index (χ1n) is 16.0. The van der Waals surface area contributed by atoms with Gasteiger partial charge in [0.15, 0.2) is 0 Å². The van der Waals surface area contributed by atoms with E-state index in [9.17, 15) is 14.7 Å². The summed E-state index contributed by atoms with van der Waals surface area (Å²) in [6, 6.07) is 12.8. The molecule has 3 N–H and O–H groups in total. The van der Waals surface area contributed by atoms with Gasteiger partial charge in [0, 0.05) is 37.0 Å². The molecule has 0 aromatic heterocycles. The normalized spacial score (nSPS) is 22.2. The zero-order valence-electron chi connectivity index (χ0n) is 26.3. The number of piperidine rings is 1. The van der Waals surface area contributed by atoms with Crippen molar-refractivity contribution in [2.24, 2.45) is 17.8 Å². The molecule has 43 heavy (non-hydrogen) atoms. The summed E-state index contributed by atoms with van der Waals surface area (Å²) in [5.74, 6) is 0.431. The van der Waals surface area contributed by atoms with Crippen LogP contribution in [0.15, 0.2) is 42.5 Å². The van der Waals surface area contributed by atoms with Gasteiger partial charge in [-0.3, -0.25) is 4.79 Å². The lowest BCUT2D eigenvalue weighted by Gasteiger charge is -2.44. The maximum atomic E-state index is 15.8. The van der Waals surface area contributed by atoms with Crippen molar-refractivity contribution in [3.63, 3.8) is 0 Å². The molecule has 4 rings (SSSR count). The average Bonchev–Trinajstić information content (AvgIpc) is 3.03. The highest BCUT2D eigenvalue weighted by atomic mass is 19.1. The number of hydrogen-bond acceptors (Lipinski definition) is 5. The molecule has 0 spiro atoms. The molecule has 1 heterocycles. The summed E-state index contributed by atoms with van der Waals surface area (Å²) in [7, 11) is 3.29. The number of carbonyl (C=O) groups is 2. The van der Waals surface area contributed by atoms with Crippen molar-refractivity contribution in [1.29, 1.82) is 0 Å². The van der Waals surface area contributed by atoms with E-state index in [1.165, 1.54) is 13.2 Å². The van der Waals surface area contributed by atoms with E-state index < -0.39 is 11.7 Å². The van der Waals surface area contributed by atoms with Crippen LogP contribution in [0.25, 0.3) is 11.1 Å². The third kappa shape index (κ3) is 7.95. The van der Waals surface area contributed by atoms with Crippen LogP contribution in [0.4, 0.5) is 9.18 Å². The van der Waals surface area contributed by atoms with Gasteiger partial charge in [0.2, 0.25) is 5.91 Å². The summed E-state index contributed by atoms with van der Waals surface area (Å²) in [6.07, 6.45) is 5.64. The Hall–Kier alpha value is -2.97. The molecular weight excluding hydrogens is 545 g/mol. The maximum absolute atomic E-state index is 15.8. The second kappa shape index (κ2) is 15.2. The van der Waals surface area contributed by atoms with E-state index in [4.69, 9.17) is 4.74 Å². The molecule has 236 valence electrons. The fourth-order valence-corrected chi connectivity index (χ4v) is 7.14. The third-order valence-corrected chi connectivity index (χ3v) is 9.61. The van der Waals surface area contributed by atoms with Crippen LogP contribution < -0.4 is 10.6 Å². The predicted molar refractivity (Wildman–Crippen MR) is 168 cm³/mol. The van der Waals surface area contributed by atoms with Crippen molar-refractivity contribution in [1.82, 2.24) is 15.5 Å². The molecule has 2 aliphatic rings. The van der Waals surface area contributed by atoms with E-state index >= 15 is 4.39 Å². The third-order valence-electron chi connectivity index (χ3n) is 9.61. The van der Waals surface area contributed by atoms with Crippen LogP contribution >= 0.6 is 0 Å². The van der Waals surface area contributed by atoms with E-state index in [2.05, 4.69) is 24.5 Å². The summed E-state index contributed by atoms with van der Waals surface area (Å²) in [6.45, 7) is 6.62. The Morgan fingerprint density at radius 3 is 2.56 bits per heavy atom. The number of aliphatic hydroxyl groups is 1. The van der Waals surface area contributed by atoms with Crippen LogP contribution in [-0.2, 0) is 15.1 Å². The highest BCUT2D eigenvalue weighted by Gasteiger charge is 2.44. The molecule has 8 heteroatoms. The number of carbonyl (C=O) groups excluding carboxylic acids is 2. The van der Waals surface area contributed by atoms with Crippen molar-refractivity contribution >= 4 is 12.0 Å². The smallest absolute Gasteiger partial charge is 0.406 e. The van der Waals surface area contributed by atoms with Crippen LogP contribution in [-0.4, -0.2) is 62.3 Å². The quantitative estimate of drug-likeness (QED) is 0.269. The molecule has 0 bridgehead atoms. The number of nitrogens with zero attached hydrogens (tertiary/aromatic N) is 1. The van der Waals surface area contributed by atoms with Crippen LogP contribution in [0.2, 0.25) is 0 Å². The van der Waals surface area contributed by atoms with Gasteiger partial charge >= 0.3 is 6.09 Å². The number of ether oxygens (including phenoxy) is 1. The molecule has 2 atom stereocenters. The molecule has 0 radical (unpaired) electrons. The monoisotopic (exact) mass is 595 g/mol. The van der Waals surface area contributed by atoms with E-state index in [0.717, 1.165) is 56.2 Å². The molecule has 7 nitrogen and oxygen atoms in total. The minimum absolute atomic E-state index is 0.0210. The second-order valence-corrected chi connectivity index (χ2v) is 12.8. The number of rotatable bonds is 11. The van der Waals surface area contributed by atoms with Gasteiger partial charge in [0.05, 0.1) is 12.7 Å². The number of amides is 2. The number of nitrogens with one attached hydrogen (secondary N) is 2. The van der Waals surface area contributed by atoms with Gasteiger partial charge in [-0.2, -0.15) is 0 Å².